The molecule has 2 aromatic rings. The van der Waals surface area contributed by atoms with Gasteiger partial charge in [-0.25, -0.2) is 4.98 Å². The van der Waals surface area contributed by atoms with Crippen LogP contribution in [0, 0.1) is 5.95 Å². The number of hydrogen-bond acceptors (Lipinski definition) is 3. The largest absolute Gasteiger partial charge is 0.353 e. The minimum Gasteiger partial charge on any atom is -0.353 e. The fraction of sp³-hybridized carbons (Fsp3) is 0.273. The molecular formula is C11H13FN4. The number of rotatable bonds is 3. The molecule has 84 valence electrons. The lowest BCUT2D eigenvalue weighted by molar-refractivity contribution is 0.584. The van der Waals surface area contributed by atoms with Crippen LogP contribution in [0.25, 0.3) is 0 Å². The van der Waals surface area contributed by atoms with Crippen LogP contribution in [-0.2, 0) is 13.5 Å². The zero-order chi connectivity index (χ0) is 11.5. The smallest absolute Gasteiger partial charge is 0.214 e. The van der Waals surface area contributed by atoms with Gasteiger partial charge in [-0.15, -0.1) is 0 Å². The molecule has 0 bridgehead atoms. The zero-order valence-electron chi connectivity index (χ0n) is 9.24. The standard InChI is InChI=1S/C11H13FN4/c1-3-9-10(7-16(2)15-9)14-8-4-5-13-11(12)6-8/h4-7H,3H2,1-2H3,(H,13,14). The van der Waals surface area contributed by atoms with Crippen molar-refractivity contribution in [3.05, 3.63) is 36.2 Å². The van der Waals surface area contributed by atoms with Crippen molar-refractivity contribution in [2.24, 2.45) is 7.05 Å². The van der Waals surface area contributed by atoms with Crippen LogP contribution < -0.4 is 5.32 Å². The number of nitrogens with one attached hydrogen (secondary N) is 1. The SMILES string of the molecule is CCc1nn(C)cc1Nc1ccnc(F)c1. The number of pyridine rings is 1. The zero-order valence-corrected chi connectivity index (χ0v) is 9.24. The van der Waals surface area contributed by atoms with Crippen LogP contribution in [0.2, 0.25) is 0 Å². The number of aryl methyl sites for hydroxylation is 2. The van der Waals surface area contributed by atoms with Crippen LogP contribution in [-0.4, -0.2) is 14.8 Å². The van der Waals surface area contributed by atoms with Gasteiger partial charge in [0.15, 0.2) is 0 Å². The van der Waals surface area contributed by atoms with E-state index in [-0.39, 0.29) is 0 Å². The molecule has 4 nitrogen and oxygen atoms in total. The Labute approximate surface area is 93.1 Å². The molecule has 0 fully saturated rings. The van der Waals surface area contributed by atoms with Crippen LogP contribution in [0.5, 0.6) is 0 Å². The molecule has 0 saturated carbocycles. The van der Waals surface area contributed by atoms with E-state index in [0.717, 1.165) is 17.8 Å². The molecule has 0 radical (unpaired) electrons. The van der Waals surface area contributed by atoms with Crippen molar-refractivity contribution >= 4 is 11.4 Å². The van der Waals surface area contributed by atoms with Gasteiger partial charge in [-0.1, -0.05) is 6.92 Å². The van der Waals surface area contributed by atoms with Crippen LogP contribution in [0.1, 0.15) is 12.6 Å². The van der Waals surface area contributed by atoms with Crippen LogP contribution in [0.4, 0.5) is 15.8 Å². The number of anilines is 2. The van der Waals surface area contributed by atoms with Gasteiger partial charge in [0.1, 0.15) is 0 Å². The Kier molecular flexibility index (Phi) is 2.85. The topological polar surface area (TPSA) is 42.7 Å². The highest BCUT2D eigenvalue weighted by Crippen LogP contribution is 2.19. The van der Waals surface area contributed by atoms with Crippen molar-refractivity contribution < 1.29 is 4.39 Å². The average molecular weight is 220 g/mol. The van der Waals surface area contributed by atoms with Gasteiger partial charge in [0.05, 0.1) is 11.4 Å². The highest BCUT2D eigenvalue weighted by Gasteiger charge is 2.06. The maximum absolute atomic E-state index is 12.9. The summed E-state index contributed by atoms with van der Waals surface area (Å²) < 4.78 is 14.6. The molecule has 0 atom stereocenters. The van der Waals surface area contributed by atoms with Gasteiger partial charge < -0.3 is 5.32 Å². The minimum absolute atomic E-state index is 0.494. The molecule has 2 rings (SSSR count). The van der Waals surface area contributed by atoms with Crippen LogP contribution in [0.3, 0.4) is 0 Å². The maximum Gasteiger partial charge on any atom is 0.214 e. The normalized spacial score (nSPS) is 10.4. The van der Waals surface area contributed by atoms with Gasteiger partial charge >= 0.3 is 0 Å². The first-order valence-electron chi connectivity index (χ1n) is 5.10. The molecule has 0 aliphatic rings. The van der Waals surface area contributed by atoms with Crippen molar-refractivity contribution in [3.8, 4) is 0 Å². The third-order valence-corrected chi connectivity index (χ3v) is 2.25. The lowest BCUT2D eigenvalue weighted by Gasteiger charge is -2.04. The third kappa shape index (κ3) is 2.18. The Morgan fingerprint density at radius 2 is 2.31 bits per heavy atom. The summed E-state index contributed by atoms with van der Waals surface area (Å²) in [4.78, 5) is 3.50. The molecule has 0 aliphatic carbocycles. The van der Waals surface area contributed by atoms with Crippen molar-refractivity contribution in [1.82, 2.24) is 14.8 Å². The van der Waals surface area contributed by atoms with Crippen molar-refractivity contribution in [1.29, 1.82) is 0 Å². The molecule has 5 heteroatoms. The van der Waals surface area contributed by atoms with E-state index in [2.05, 4.69) is 15.4 Å². The average Bonchev–Trinajstić information content (AvgIpc) is 2.59. The van der Waals surface area contributed by atoms with E-state index in [1.807, 2.05) is 20.2 Å². The Morgan fingerprint density at radius 3 is 3.00 bits per heavy atom. The van der Waals surface area contributed by atoms with Crippen molar-refractivity contribution in [2.45, 2.75) is 13.3 Å². The lowest BCUT2D eigenvalue weighted by Crippen LogP contribution is -1.94. The Morgan fingerprint density at radius 1 is 1.50 bits per heavy atom. The number of nitrogens with zero attached hydrogens (tertiary/aromatic N) is 3. The van der Waals surface area contributed by atoms with E-state index in [9.17, 15) is 4.39 Å². The molecule has 2 heterocycles. The molecule has 0 unspecified atom stereocenters. The predicted molar refractivity (Wildman–Crippen MR) is 60.1 cm³/mol. The molecule has 1 N–H and O–H groups in total. The first-order valence-corrected chi connectivity index (χ1v) is 5.10. The second-order valence-corrected chi connectivity index (χ2v) is 3.51. The summed E-state index contributed by atoms with van der Waals surface area (Å²) in [5.41, 5.74) is 2.53. The molecule has 0 amide bonds. The van der Waals surface area contributed by atoms with Gasteiger partial charge in [-0.3, -0.25) is 4.68 Å². The van der Waals surface area contributed by atoms with E-state index in [1.165, 1.54) is 12.3 Å². The monoisotopic (exact) mass is 220 g/mol. The summed E-state index contributed by atoms with van der Waals surface area (Å²) in [5.74, 6) is -0.494. The summed E-state index contributed by atoms with van der Waals surface area (Å²) in [5, 5.41) is 7.41. The predicted octanol–water partition coefficient (Wildman–Crippen LogP) is 2.26. The molecule has 2 aromatic heterocycles. The summed E-state index contributed by atoms with van der Waals surface area (Å²) in [6, 6.07) is 3.07. The molecule has 0 saturated heterocycles. The van der Waals surface area contributed by atoms with Crippen molar-refractivity contribution in [2.75, 3.05) is 5.32 Å². The highest BCUT2D eigenvalue weighted by atomic mass is 19.1. The first kappa shape index (κ1) is 10.6. The fourth-order valence-electron chi connectivity index (χ4n) is 1.54. The summed E-state index contributed by atoms with van der Waals surface area (Å²) in [6.45, 7) is 2.03. The number of halogens is 1. The quantitative estimate of drug-likeness (QED) is 0.807. The van der Waals surface area contributed by atoms with Gasteiger partial charge in [0.2, 0.25) is 5.95 Å². The molecule has 16 heavy (non-hydrogen) atoms. The third-order valence-electron chi connectivity index (χ3n) is 2.25. The Bertz CT molecular complexity index is 492. The first-order chi connectivity index (χ1) is 7.69. The van der Waals surface area contributed by atoms with Crippen molar-refractivity contribution in [3.63, 3.8) is 0 Å². The van der Waals surface area contributed by atoms with Gasteiger partial charge in [0.25, 0.3) is 0 Å². The van der Waals surface area contributed by atoms with Crippen LogP contribution in [0.15, 0.2) is 24.5 Å². The Balaban J connectivity index is 2.26. The number of hydrogen-bond donors (Lipinski definition) is 1. The Hall–Kier alpha value is -1.91. The number of aromatic nitrogens is 3. The summed E-state index contributed by atoms with van der Waals surface area (Å²) >= 11 is 0. The minimum atomic E-state index is -0.494. The fourth-order valence-corrected chi connectivity index (χ4v) is 1.54. The lowest BCUT2D eigenvalue weighted by atomic mass is 10.3. The highest BCUT2D eigenvalue weighted by molar-refractivity contribution is 5.60. The van der Waals surface area contributed by atoms with Crippen LogP contribution >= 0.6 is 0 Å². The van der Waals surface area contributed by atoms with Gasteiger partial charge in [-0.2, -0.15) is 9.49 Å². The molecule has 0 spiro atoms. The molecule has 0 aromatic carbocycles. The maximum atomic E-state index is 12.9. The van der Waals surface area contributed by atoms with E-state index in [4.69, 9.17) is 0 Å². The summed E-state index contributed by atoms with van der Waals surface area (Å²) in [7, 11) is 1.86. The van der Waals surface area contributed by atoms with Gasteiger partial charge in [-0.05, 0) is 12.5 Å². The second-order valence-electron chi connectivity index (χ2n) is 3.51. The molecule has 0 aliphatic heterocycles. The summed E-state index contributed by atoms with van der Waals surface area (Å²) in [6.07, 6.45) is 4.13. The van der Waals surface area contributed by atoms with E-state index < -0.39 is 5.95 Å². The van der Waals surface area contributed by atoms with E-state index >= 15 is 0 Å². The van der Waals surface area contributed by atoms with E-state index in [0.29, 0.717) is 5.69 Å². The van der Waals surface area contributed by atoms with E-state index in [1.54, 1.807) is 10.7 Å². The van der Waals surface area contributed by atoms with Gasteiger partial charge in [0, 0.05) is 31.2 Å². The molecular weight excluding hydrogens is 207 g/mol. The second kappa shape index (κ2) is 4.30.